The highest BCUT2D eigenvalue weighted by Gasteiger charge is 2.12. The summed E-state index contributed by atoms with van der Waals surface area (Å²) in [5.41, 5.74) is 2.04. The molecule has 0 atom stereocenters. The fourth-order valence-electron chi connectivity index (χ4n) is 2.51. The number of Topliss-reactive ketones (excluding diaryl/α,β-unsaturated/α-hetero) is 1. The number of ketones is 1. The molecule has 1 aromatic heterocycles. The molecule has 8 heteroatoms. The van der Waals surface area contributed by atoms with Gasteiger partial charge in [-0.25, -0.2) is 18.4 Å². The van der Waals surface area contributed by atoms with E-state index in [0.29, 0.717) is 22.9 Å². The Morgan fingerprint density at radius 2 is 1.57 bits per heavy atom. The van der Waals surface area contributed by atoms with Crippen LogP contribution in [0, 0.1) is 0 Å². The summed E-state index contributed by atoms with van der Waals surface area (Å²) >= 11 is 0. The number of rotatable bonds is 7. The molecular weight excluding hydrogens is 376 g/mol. The Morgan fingerprint density at radius 3 is 2.18 bits per heavy atom. The SMILES string of the molecule is CCS(=O)(=O)c1cccc(Nc2cc(Nc3ccc(C(C)=O)cc3)ncn2)c1. The molecule has 0 fully saturated rings. The molecule has 0 spiro atoms. The van der Waals surface area contributed by atoms with Crippen LogP contribution in [0.3, 0.4) is 0 Å². The smallest absolute Gasteiger partial charge is 0.178 e. The van der Waals surface area contributed by atoms with Crippen LogP contribution in [0.25, 0.3) is 0 Å². The number of carbonyl (C=O) groups is 1. The van der Waals surface area contributed by atoms with Gasteiger partial charge >= 0.3 is 0 Å². The molecule has 2 aromatic carbocycles. The topological polar surface area (TPSA) is 101 Å². The van der Waals surface area contributed by atoms with E-state index in [1.165, 1.54) is 13.3 Å². The molecule has 0 unspecified atom stereocenters. The maximum absolute atomic E-state index is 12.0. The van der Waals surface area contributed by atoms with Crippen molar-refractivity contribution in [3.63, 3.8) is 0 Å². The molecule has 144 valence electrons. The summed E-state index contributed by atoms with van der Waals surface area (Å²) in [7, 11) is -3.28. The fraction of sp³-hybridized carbons (Fsp3) is 0.150. The number of anilines is 4. The van der Waals surface area contributed by atoms with E-state index < -0.39 is 9.84 Å². The number of sulfone groups is 1. The molecule has 28 heavy (non-hydrogen) atoms. The van der Waals surface area contributed by atoms with Crippen LogP contribution in [0.1, 0.15) is 24.2 Å². The van der Waals surface area contributed by atoms with Crippen LogP contribution < -0.4 is 10.6 Å². The number of hydrogen-bond acceptors (Lipinski definition) is 7. The second-order valence-corrected chi connectivity index (χ2v) is 8.38. The first-order chi connectivity index (χ1) is 13.4. The van der Waals surface area contributed by atoms with Crippen molar-refractivity contribution in [2.75, 3.05) is 16.4 Å². The van der Waals surface area contributed by atoms with Gasteiger partial charge in [0.25, 0.3) is 0 Å². The van der Waals surface area contributed by atoms with Crippen molar-refractivity contribution in [1.82, 2.24) is 9.97 Å². The van der Waals surface area contributed by atoms with Gasteiger partial charge in [-0.2, -0.15) is 0 Å². The summed E-state index contributed by atoms with van der Waals surface area (Å²) in [6, 6.07) is 15.4. The van der Waals surface area contributed by atoms with Crippen molar-refractivity contribution in [1.29, 1.82) is 0 Å². The zero-order valence-corrected chi connectivity index (χ0v) is 16.3. The molecule has 1 heterocycles. The highest BCUT2D eigenvalue weighted by Crippen LogP contribution is 2.22. The van der Waals surface area contributed by atoms with Gasteiger partial charge in [0.2, 0.25) is 0 Å². The third-order valence-electron chi connectivity index (χ3n) is 4.08. The minimum Gasteiger partial charge on any atom is -0.340 e. The minimum absolute atomic E-state index is 0.00684. The van der Waals surface area contributed by atoms with E-state index in [0.717, 1.165) is 5.69 Å². The van der Waals surface area contributed by atoms with Gasteiger partial charge < -0.3 is 10.6 Å². The lowest BCUT2D eigenvalue weighted by Gasteiger charge is -2.10. The lowest BCUT2D eigenvalue weighted by molar-refractivity contribution is 0.101. The molecule has 0 aliphatic rings. The van der Waals surface area contributed by atoms with Gasteiger partial charge in [-0.3, -0.25) is 4.79 Å². The predicted molar refractivity (Wildman–Crippen MR) is 109 cm³/mol. The summed E-state index contributed by atoms with van der Waals surface area (Å²) < 4.78 is 24.1. The molecule has 3 aromatic rings. The average molecular weight is 396 g/mol. The summed E-state index contributed by atoms with van der Waals surface area (Å²) in [6.45, 7) is 3.13. The molecule has 7 nitrogen and oxygen atoms in total. The Bertz CT molecular complexity index is 1100. The summed E-state index contributed by atoms with van der Waals surface area (Å²) in [5, 5.41) is 6.23. The van der Waals surface area contributed by atoms with E-state index in [1.54, 1.807) is 61.5 Å². The Balaban J connectivity index is 1.77. The second-order valence-electron chi connectivity index (χ2n) is 6.10. The molecule has 0 radical (unpaired) electrons. The summed E-state index contributed by atoms with van der Waals surface area (Å²) in [6.07, 6.45) is 1.40. The fourth-order valence-corrected chi connectivity index (χ4v) is 3.44. The number of nitrogens with one attached hydrogen (secondary N) is 2. The van der Waals surface area contributed by atoms with Crippen molar-refractivity contribution >= 4 is 38.6 Å². The monoisotopic (exact) mass is 396 g/mol. The van der Waals surface area contributed by atoms with Crippen molar-refractivity contribution in [2.24, 2.45) is 0 Å². The maximum Gasteiger partial charge on any atom is 0.178 e. The molecule has 3 rings (SSSR count). The van der Waals surface area contributed by atoms with Gasteiger partial charge in [-0.1, -0.05) is 13.0 Å². The summed E-state index contributed by atoms with van der Waals surface area (Å²) in [4.78, 5) is 20.0. The van der Waals surface area contributed by atoms with Crippen LogP contribution in [-0.4, -0.2) is 29.9 Å². The van der Waals surface area contributed by atoms with Gasteiger partial charge in [0, 0.05) is 23.0 Å². The van der Waals surface area contributed by atoms with Crippen molar-refractivity contribution in [3.8, 4) is 0 Å². The largest absolute Gasteiger partial charge is 0.340 e. The predicted octanol–water partition coefficient (Wildman–Crippen LogP) is 3.96. The lowest BCUT2D eigenvalue weighted by atomic mass is 10.1. The first kappa shape index (κ1) is 19.5. The first-order valence-electron chi connectivity index (χ1n) is 8.67. The van der Waals surface area contributed by atoms with Crippen molar-refractivity contribution in [3.05, 3.63) is 66.5 Å². The number of benzene rings is 2. The molecule has 0 aliphatic heterocycles. The van der Waals surface area contributed by atoms with E-state index in [2.05, 4.69) is 20.6 Å². The third kappa shape index (κ3) is 4.72. The zero-order valence-electron chi connectivity index (χ0n) is 15.5. The second kappa shape index (κ2) is 8.18. The van der Waals surface area contributed by atoms with E-state index >= 15 is 0 Å². The Kier molecular flexibility index (Phi) is 5.70. The Hall–Kier alpha value is -3.26. The number of aromatic nitrogens is 2. The van der Waals surface area contributed by atoms with Crippen molar-refractivity contribution in [2.45, 2.75) is 18.7 Å². The highest BCUT2D eigenvalue weighted by molar-refractivity contribution is 7.91. The van der Waals surface area contributed by atoms with E-state index in [1.807, 2.05) is 0 Å². The van der Waals surface area contributed by atoms with Crippen LogP contribution >= 0.6 is 0 Å². The molecule has 0 saturated carbocycles. The van der Waals surface area contributed by atoms with Crippen LogP contribution in [0.2, 0.25) is 0 Å². The molecule has 2 N–H and O–H groups in total. The lowest BCUT2D eigenvalue weighted by Crippen LogP contribution is -2.04. The molecule has 0 aliphatic carbocycles. The standard InChI is InChI=1S/C20H20N4O3S/c1-3-28(26,27)18-6-4-5-17(11-18)24-20-12-19(21-13-22-20)23-16-9-7-15(8-10-16)14(2)25/h4-13H,3H2,1-2H3,(H2,21,22,23,24). The van der Waals surface area contributed by atoms with Gasteiger partial charge in [-0.15, -0.1) is 0 Å². The van der Waals surface area contributed by atoms with Crippen LogP contribution in [0.4, 0.5) is 23.0 Å². The van der Waals surface area contributed by atoms with Crippen molar-refractivity contribution < 1.29 is 13.2 Å². The Labute approximate surface area is 163 Å². The van der Waals surface area contributed by atoms with E-state index in [-0.39, 0.29) is 16.4 Å². The first-order valence-corrected chi connectivity index (χ1v) is 10.3. The normalized spacial score (nSPS) is 11.1. The average Bonchev–Trinajstić information content (AvgIpc) is 2.69. The van der Waals surface area contributed by atoms with Gasteiger partial charge in [0.05, 0.1) is 10.6 Å². The van der Waals surface area contributed by atoms with Crippen LogP contribution in [0.5, 0.6) is 0 Å². The zero-order chi connectivity index (χ0) is 20.1. The number of carbonyl (C=O) groups excluding carboxylic acids is 1. The van der Waals surface area contributed by atoms with E-state index in [4.69, 9.17) is 0 Å². The van der Waals surface area contributed by atoms with Gasteiger partial charge in [0.1, 0.15) is 18.0 Å². The molecule has 0 saturated heterocycles. The van der Waals surface area contributed by atoms with E-state index in [9.17, 15) is 13.2 Å². The minimum atomic E-state index is -3.28. The highest BCUT2D eigenvalue weighted by atomic mass is 32.2. The maximum atomic E-state index is 12.0. The van der Waals surface area contributed by atoms with Gasteiger partial charge in [0.15, 0.2) is 15.6 Å². The number of nitrogens with zero attached hydrogens (tertiary/aromatic N) is 2. The quantitative estimate of drug-likeness (QED) is 0.583. The van der Waals surface area contributed by atoms with Gasteiger partial charge in [-0.05, 0) is 49.4 Å². The molecule has 0 amide bonds. The third-order valence-corrected chi connectivity index (χ3v) is 5.81. The molecule has 0 bridgehead atoms. The summed E-state index contributed by atoms with van der Waals surface area (Å²) in [5.74, 6) is 1.13. The van der Waals surface area contributed by atoms with Crippen LogP contribution in [-0.2, 0) is 9.84 Å². The van der Waals surface area contributed by atoms with Crippen LogP contribution in [0.15, 0.2) is 65.8 Å². The molecular formula is C20H20N4O3S. The number of hydrogen-bond donors (Lipinski definition) is 2. The Morgan fingerprint density at radius 1 is 0.929 bits per heavy atom.